The standard InChI is InChI=1S/C19H20N2O/c1-3-17(20)13-5-9-15(10-6-13)19(22)16-11-7-14(8-12-16)18(21)4-2/h3-12,17-18H,1-2,20-21H2. The number of rotatable bonds is 6. The van der Waals surface area contributed by atoms with Crippen LogP contribution in [-0.2, 0) is 0 Å². The fourth-order valence-corrected chi connectivity index (χ4v) is 2.15. The summed E-state index contributed by atoms with van der Waals surface area (Å²) in [6.45, 7) is 7.32. The van der Waals surface area contributed by atoms with E-state index < -0.39 is 0 Å². The van der Waals surface area contributed by atoms with E-state index in [9.17, 15) is 4.79 Å². The van der Waals surface area contributed by atoms with E-state index in [-0.39, 0.29) is 17.9 Å². The average molecular weight is 292 g/mol. The fourth-order valence-electron chi connectivity index (χ4n) is 2.15. The van der Waals surface area contributed by atoms with Crippen LogP contribution in [0.2, 0.25) is 0 Å². The van der Waals surface area contributed by atoms with Crippen molar-refractivity contribution in [3.8, 4) is 0 Å². The maximum absolute atomic E-state index is 12.4. The minimum Gasteiger partial charge on any atom is -0.321 e. The van der Waals surface area contributed by atoms with Crippen LogP contribution in [0.5, 0.6) is 0 Å². The summed E-state index contributed by atoms with van der Waals surface area (Å²) in [5.41, 5.74) is 14.8. The molecule has 0 radical (unpaired) electrons. The fraction of sp³-hybridized carbons (Fsp3) is 0.105. The lowest BCUT2D eigenvalue weighted by molar-refractivity contribution is 0.103. The minimum absolute atomic E-state index is 0.0301. The van der Waals surface area contributed by atoms with E-state index in [1.54, 1.807) is 36.4 Å². The van der Waals surface area contributed by atoms with Gasteiger partial charge in [0.1, 0.15) is 0 Å². The van der Waals surface area contributed by atoms with Crippen molar-refractivity contribution in [3.63, 3.8) is 0 Å². The molecule has 4 N–H and O–H groups in total. The minimum atomic E-state index is -0.219. The predicted molar refractivity (Wildman–Crippen MR) is 90.6 cm³/mol. The summed E-state index contributed by atoms with van der Waals surface area (Å²) in [6, 6.07) is 14.1. The molecule has 3 nitrogen and oxygen atoms in total. The molecular weight excluding hydrogens is 272 g/mol. The number of carbonyl (C=O) groups is 1. The first kappa shape index (κ1) is 15.9. The number of carbonyl (C=O) groups excluding carboxylic acids is 1. The predicted octanol–water partition coefficient (Wildman–Crippen LogP) is 3.29. The molecule has 0 heterocycles. The van der Waals surface area contributed by atoms with Gasteiger partial charge in [-0.3, -0.25) is 4.79 Å². The zero-order valence-electron chi connectivity index (χ0n) is 12.4. The van der Waals surface area contributed by atoms with Crippen molar-refractivity contribution in [2.45, 2.75) is 12.1 Å². The maximum Gasteiger partial charge on any atom is 0.193 e. The van der Waals surface area contributed by atoms with E-state index in [0.29, 0.717) is 11.1 Å². The van der Waals surface area contributed by atoms with Crippen molar-refractivity contribution < 1.29 is 4.79 Å². The van der Waals surface area contributed by atoms with Crippen molar-refractivity contribution in [1.29, 1.82) is 0 Å². The van der Waals surface area contributed by atoms with Crippen LogP contribution in [0.15, 0.2) is 73.8 Å². The van der Waals surface area contributed by atoms with Gasteiger partial charge in [-0.05, 0) is 11.1 Å². The Labute approximate surface area is 131 Å². The molecule has 2 atom stereocenters. The van der Waals surface area contributed by atoms with E-state index in [1.807, 2.05) is 24.3 Å². The molecule has 0 aliphatic carbocycles. The van der Waals surface area contributed by atoms with Gasteiger partial charge in [0, 0.05) is 23.2 Å². The van der Waals surface area contributed by atoms with Crippen molar-refractivity contribution in [3.05, 3.63) is 96.1 Å². The number of ketones is 1. The molecule has 0 bridgehead atoms. The number of benzene rings is 2. The summed E-state index contributed by atoms with van der Waals surface area (Å²) in [6.07, 6.45) is 3.33. The molecule has 22 heavy (non-hydrogen) atoms. The third kappa shape index (κ3) is 3.39. The highest BCUT2D eigenvalue weighted by Gasteiger charge is 2.10. The lowest BCUT2D eigenvalue weighted by Crippen LogP contribution is -2.08. The molecule has 0 aromatic heterocycles. The molecule has 112 valence electrons. The summed E-state index contributed by atoms with van der Waals surface area (Å²) in [5.74, 6) is -0.0301. The SMILES string of the molecule is C=CC(N)c1ccc(C(=O)c2ccc(C(N)C=C)cc2)cc1. The Balaban J connectivity index is 2.20. The van der Waals surface area contributed by atoms with Crippen LogP contribution in [-0.4, -0.2) is 5.78 Å². The molecular formula is C19H20N2O. The van der Waals surface area contributed by atoms with Gasteiger partial charge in [0.25, 0.3) is 0 Å². The molecule has 0 saturated carbocycles. The number of nitrogens with two attached hydrogens (primary N) is 2. The Kier molecular flexibility index (Phi) is 5.04. The highest BCUT2D eigenvalue weighted by molar-refractivity contribution is 6.09. The second kappa shape index (κ2) is 6.98. The maximum atomic E-state index is 12.4. The van der Waals surface area contributed by atoms with E-state index >= 15 is 0 Å². The largest absolute Gasteiger partial charge is 0.321 e. The molecule has 2 aromatic rings. The molecule has 0 saturated heterocycles. The molecule has 0 amide bonds. The molecule has 2 rings (SSSR count). The second-order valence-electron chi connectivity index (χ2n) is 5.10. The summed E-state index contributed by atoms with van der Waals surface area (Å²) in [4.78, 5) is 12.4. The van der Waals surface area contributed by atoms with Gasteiger partial charge >= 0.3 is 0 Å². The lowest BCUT2D eigenvalue weighted by Gasteiger charge is -2.09. The first-order valence-electron chi connectivity index (χ1n) is 7.07. The first-order chi connectivity index (χ1) is 10.6. The number of hydrogen-bond donors (Lipinski definition) is 2. The molecule has 0 aliphatic heterocycles. The van der Waals surface area contributed by atoms with Crippen LogP contribution in [0.25, 0.3) is 0 Å². The zero-order valence-corrected chi connectivity index (χ0v) is 12.4. The van der Waals surface area contributed by atoms with Gasteiger partial charge in [-0.25, -0.2) is 0 Å². The molecule has 0 spiro atoms. The molecule has 0 aliphatic rings. The molecule has 2 aromatic carbocycles. The Morgan fingerprint density at radius 3 is 1.36 bits per heavy atom. The van der Waals surface area contributed by atoms with Crippen molar-refractivity contribution >= 4 is 5.78 Å². The van der Waals surface area contributed by atoms with Gasteiger partial charge < -0.3 is 11.5 Å². The highest BCUT2D eigenvalue weighted by Crippen LogP contribution is 2.17. The summed E-state index contributed by atoms with van der Waals surface area (Å²) in [7, 11) is 0. The second-order valence-corrected chi connectivity index (χ2v) is 5.10. The van der Waals surface area contributed by atoms with Crippen molar-refractivity contribution in [1.82, 2.24) is 0 Å². The monoisotopic (exact) mass is 292 g/mol. The van der Waals surface area contributed by atoms with Gasteiger partial charge in [0.15, 0.2) is 5.78 Å². The van der Waals surface area contributed by atoms with E-state index in [0.717, 1.165) is 11.1 Å². The highest BCUT2D eigenvalue weighted by atomic mass is 16.1. The molecule has 2 unspecified atom stereocenters. The Bertz CT molecular complexity index is 612. The van der Waals surface area contributed by atoms with Crippen LogP contribution >= 0.6 is 0 Å². The third-order valence-electron chi connectivity index (χ3n) is 3.62. The third-order valence-corrected chi connectivity index (χ3v) is 3.62. The lowest BCUT2D eigenvalue weighted by atomic mass is 9.98. The quantitative estimate of drug-likeness (QED) is 0.634. The van der Waals surface area contributed by atoms with Crippen LogP contribution < -0.4 is 11.5 Å². The summed E-state index contributed by atoms with van der Waals surface area (Å²) in [5, 5.41) is 0. The zero-order chi connectivity index (χ0) is 16.1. The van der Waals surface area contributed by atoms with Gasteiger partial charge in [0.05, 0.1) is 0 Å². The summed E-state index contributed by atoms with van der Waals surface area (Å²) >= 11 is 0. The van der Waals surface area contributed by atoms with Crippen molar-refractivity contribution in [2.75, 3.05) is 0 Å². The van der Waals surface area contributed by atoms with E-state index in [1.165, 1.54) is 0 Å². The topological polar surface area (TPSA) is 69.1 Å². The Morgan fingerprint density at radius 2 is 1.09 bits per heavy atom. The summed E-state index contributed by atoms with van der Waals surface area (Å²) < 4.78 is 0. The van der Waals surface area contributed by atoms with Crippen molar-refractivity contribution in [2.24, 2.45) is 11.5 Å². The molecule has 0 fully saturated rings. The normalized spacial score (nSPS) is 13.2. The van der Waals surface area contributed by atoms with Gasteiger partial charge in [-0.15, -0.1) is 13.2 Å². The van der Waals surface area contributed by atoms with Gasteiger partial charge in [-0.1, -0.05) is 60.7 Å². The van der Waals surface area contributed by atoms with Gasteiger partial charge in [-0.2, -0.15) is 0 Å². The molecule has 3 heteroatoms. The van der Waals surface area contributed by atoms with Crippen LogP contribution in [0, 0.1) is 0 Å². The van der Waals surface area contributed by atoms with Crippen LogP contribution in [0.1, 0.15) is 39.1 Å². The van der Waals surface area contributed by atoms with Crippen LogP contribution in [0.4, 0.5) is 0 Å². The van der Waals surface area contributed by atoms with E-state index in [2.05, 4.69) is 13.2 Å². The Hall–Kier alpha value is -2.49. The van der Waals surface area contributed by atoms with Crippen LogP contribution in [0.3, 0.4) is 0 Å². The number of hydrogen-bond acceptors (Lipinski definition) is 3. The smallest absolute Gasteiger partial charge is 0.193 e. The van der Waals surface area contributed by atoms with Gasteiger partial charge in [0.2, 0.25) is 0 Å². The Morgan fingerprint density at radius 1 is 0.773 bits per heavy atom. The van der Waals surface area contributed by atoms with E-state index in [4.69, 9.17) is 11.5 Å². The average Bonchev–Trinajstić information content (AvgIpc) is 2.60. The first-order valence-corrected chi connectivity index (χ1v) is 7.07.